The van der Waals surface area contributed by atoms with E-state index in [2.05, 4.69) is 30.3 Å². The van der Waals surface area contributed by atoms with Crippen LogP contribution in [0.15, 0.2) is 29.0 Å². The van der Waals surface area contributed by atoms with E-state index in [-0.39, 0.29) is 6.61 Å². The first kappa shape index (κ1) is 16.6. The van der Waals surface area contributed by atoms with Crippen molar-refractivity contribution in [2.75, 3.05) is 24.6 Å². The van der Waals surface area contributed by atoms with Gasteiger partial charge in [0.25, 0.3) is 5.89 Å². The van der Waals surface area contributed by atoms with E-state index in [0.717, 1.165) is 43.0 Å². The third kappa shape index (κ3) is 3.43. The van der Waals surface area contributed by atoms with E-state index in [1.54, 1.807) is 13.1 Å². The second kappa shape index (κ2) is 7.20. The van der Waals surface area contributed by atoms with Gasteiger partial charge < -0.3 is 14.5 Å². The van der Waals surface area contributed by atoms with E-state index in [4.69, 9.17) is 9.63 Å². The van der Waals surface area contributed by atoms with Crippen molar-refractivity contribution in [2.45, 2.75) is 32.2 Å². The molecule has 0 spiro atoms. The lowest BCUT2D eigenvalue weighted by Crippen LogP contribution is -2.35. The SMILES string of the molecule is Cc1noc(-c2ccnc(N3CCC(n4cc(CCO)nn4)CC3)c2)n1. The van der Waals surface area contributed by atoms with Crippen LogP contribution in [0.1, 0.15) is 30.4 Å². The van der Waals surface area contributed by atoms with E-state index in [1.165, 1.54) is 0 Å². The molecule has 0 aliphatic carbocycles. The Kier molecular flexibility index (Phi) is 4.61. The molecule has 0 bridgehead atoms. The maximum absolute atomic E-state index is 9.00. The van der Waals surface area contributed by atoms with Crippen molar-refractivity contribution in [1.29, 1.82) is 0 Å². The molecule has 0 radical (unpaired) electrons. The van der Waals surface area contributed by atoms with Crippen LogP contribution in [0.3, 0.4) is 0 Å². The average molecular weight is 355 g/mol. The molecule has 0 amide bonds. The second-order valence-corrected chi connectivity index (χ2v) is 6.43. The second-order valence-electron chi connectivity index (χ2n) is 6.43. The fraction of sp³-hybridized carbons (Fsp3) is 0.471. The summed E-state index contributed by atoms with van der Waals surface area (Å²) < 4.78 is 7.17. The fourth-order valence-corrected chi connectivity index (χ4v) is 3.22. The maximum Gasteiger partial charge on any atom is 0.258 e. The molecule has 1 aliphatic rings. The van der Waals surface area contributed by atoms with Gasteiger partial charge in [-0.15, -0.1) is 5.10 Å². The number of hydrogen-bond donors (Lipinski definition) is 1. The van der Waals surface area contributed by atoms with Crippen molar-refractivity contribution in [3.05, 3.63) is 36.0 Å². The van der Waals surface area contributed by atoms with Crippen molar-refractivity contribution >= 4 is 5.82 Å². The van der Waals surface area contributed by atoms with Crippen LogP contribution in [0, 0.1) is 6.92 Å². The fourth-order valence-electron chi connectivity index (χ4n) is 3.22. The number of aliphatic hydroxyl groups excluding tert-OH is 1. The molecule has 0 unspecified atom stereocenters. The van der Waals surface area contributed by atoms with Crippen molar-refractivity contribution in [2.24, 2.45) is 0 Å². The molecule has 0 aromatic carbocycles. The van der Waals surface area contributed by atoms with E-state index >= 15 is 0 Å². The van der Waals surface area contributed by atoms with Crippen LogP contribution < -0.4 is 4.90 Å². The van der Waals surface area contributed by atoms with Gasteiger partial charge in [0.05, 0.1) is 11.7 Å². The number of hydrogen-bond acceptors (Lipinski definition) is 8. The monoisotopic (exact) mass is 355 g/mol. The van der Waals surface area contributed by atoms with Gasteiger partial charge in [-0.1, -0.05) is 10.4 Å². The first-order valence-electron chi connectivity index (χ1n) is 8.76. The van der Waals surface area contributed by atoms with Crippen LogP contribution >= 0.6 is 0 Å². The number of aliphatic hydroxyl groups is 1. The molecule has 1 saturated heterocycles. The van der Waals surface area contributed by atoms with E-state index < -0.39 is 0 Å². The third-order valence-corrected chi connectivity index (χ3v) is 4.61. The highest BCUT2D eigenvalue weighted by atomic mass is 16.5. The predicted octanol–water partition coefficient (Wildman–Crippen LogP) is 1.41. The van der Waals surface area contributed by atoms with Crippen LogP contribution in [0.5, 0.6) is 0 Å². The van der Waals surface area contributed by atoms with Crippen molar-refractivity contribution in [1.82, 2.24) is 30.1 Å². The molecule has 0 atom stereocenters. The highest BCUT2D eigenvalue weighted by molar-refractivity contribution is 5.58. The summed E-state index contributed by atoms with van der Waals surface area (Å²) >= 11 is 0. The van der Waals surface area contributed by atoms with Gasteiger partial charge >= 0.3 is 0 Å². The normalized spacial score (nSPS) is 15.5. The minimum Gasteiger partial charge on any atom is -0.396 e. The Morgan fingerprint density at radius 1 is 1.31 bits per heavy atom. The molecule has 9 nitrogen and oxygen atoms in total. The summed E-state index contributed by atoms with van der Waals surface area (Å²) in [5.41, 5.74) is 1.71. The van der Waals surface area contributed by atoms with Gasteiger partial charge in [-0.25, -0.2) is 9.67 Å². The standard InChI is InChI=1S/C17H21N7O2/c1-12-19-17(26-21-12)13-2-6-18-16(10-13)23-7-3-15(4-8-23)24-11-14(5-9-25)20-22-24/h2,6,10-11,15,25H,3-5,7-9H2,1H3. The summed E-state index contributed by atoms with van der Waals surface area (Å²) in [4.78, 5) is 11.0. The third-order valence-electron chi connectivity index (χ3n) is 4.61. The summed E-state index contributed by atoms with van der Waals surface area (Å²) in [6, 6.07) is 4.19. The van der Waals surface area contributed by atoms with Gasteiger partial charge in [0.15, 0.2) is 5.82 Å². The molecule has 1 aliphatic heterocycles. The first-order valence-corrected chi connectivity index (χ1v) is 8.76. The highest BCUT2D eigenvalue weighted by Crippen LogP contribution is 2.27. The van der Waals surface area contributed by atoms with Crippen LogP contribution in [0.25, 0.3) is 11.5 Å². The minimum absolute atomic E-state index is 0.0960. The van der Waals surface area contributed by atoms with Crippen molar-refractivity contribution in [3.8, 4) is 11.5 Å². The lowest BCUT2D eigenvalue weighted by Gasteiger charge is -2.32. The smallest absolute Gasteiger partial charge is 0.258 e. The summed E-state index contributed by atoms with van der Waals surface area (Å²) in [5, 5.41) is 21.2. The quantitative estimate of drug-likeness (QED) is 0.732. The molecule has 26 heavy (non-hydrogen) atoms. The number of piperidine rings is 1. The molecule has 1 fully saturated rings. The number of aromatic nitrogens is 6. The molecule has 9 heteroatoms. The van der Waals surface area contributed by atoms with Gasteiger partial charge in [0, 0.05) is 44.1 Å². The van der Waals surface area contributed by atoms with Crippen LogP contribution in [0.2, 0.25) is 0 Å². The number of aryl methyl sites for hydroxylation is 1. The summed E-state index contributed by atoms with van der Waals surface area (Å²) in [7, 11) is 0. The van der Waals surface area contributed by atoms with Crippen LogP contribution in [0.4, 0.5) is 5.82 Å². The Morgan fingerprint density at radius 3 is 2.88 bits per heavy atom. The molecule has 4 heterocycles. The van der Waals surface area contributed by atoms with Gasteiger partial charge in [-0.2, -0.15) is 4.98 Å². The number of nitrogens with zero attached hydrogens (tertiary/aromatic N) is 7. The summed E-state index contributed by atoms with van der Waals surface area (Å²) in [6.07, 6.45) is 6.19. The lowest BCUT2D eigenvalue weighted by molar-refractivity contribution is 0.298. The Bertz CT molecular complexity index is 867. The topological polar surface area (TPSA) is 106 Å². The average Bonchev–Trinajstić information content (AvgIpc) is 3.32. The number of pyridine rings is 1. The Morgan fingerprint density at radius 2 is 2.15 bits per heavy atom. The van der Waals surface area contributed by atoms with Gasteiger partial charge in [-0.3, -0.25) is 0 Å². The summed E-state index contributed by atoms with van der Waals surface area (Å²) in [5.74, 6) is 2.05. The minimum atomic E-state index is 0.0960. The Labute approximate surface area is 150 Å². The van der Waals surface area contributed by atoms with Gasteiger partial charge in [0.1, 0.15) is 5.82 Å². The zero-order valence-electron chi connectivity index (χ0n) is 14.6. The summed E-state index contributed by atoms with van der Waals surface area (Å²) in [6.45, 7) is 3.67. The molecule has 3 aromatic rings. The molecule has 0 saturated carbocycles. The lowest BCUT2D eigenvalue weighted by atomic mass is 10.1. The van der Waals surface area contributed by atoms with Gasteiger partial charge in [-0.05, 0) is 31.9 Å². The van der Waals surface area contributed by atoms with E-state index in [1.807, 2.05) is 23.0 Å². The number of rotatable bonds is 5. The molecule has 3 aromatic heterocycles. The Hall–Kier alpha value is -2.81. The Balaban J connectivity index is 1.43. The molecule has 136 valence electrons. The van der Waals surface area contributed by atoms with E-state index in [0.29, 0.717) is 24.2 Å². The van der Waals surface area contributed by atoms with Crippen molar-refractivity contribution in [3.63, 3.8) is 0 Å². The first-order chi connectivity index (χ1) is 12.7. The van der Waals surface area contributed by atoms with Gasteiger partial charge in [0.2, 0.25) is 0 Å². The van der Waals surface area contributed by atoms with Crippen LogP contribution in [-0.4, -0.2) is 54.9 Å². The zero-order valence-corrected chi connectivity index (χ0v) is 14.6. The molecular weight excluding hydrogens is 334 g/mol. The van der Waals surface area contributed by atoms with Crippen LogP contribution in [-0.2, 0) is 6.42 Å². The zero-order chi connectivity index (χ0) is 17.9. The number of anilines is 1. The maximum atomic E-state index is 9.00. The largest absolute Gasteiger partial charge is 0.396 e. The predicted molar refractivity (Wildman–Crippen MR) is 93.6 cm³/mol. The molecule has 4 rings (SSSR count). The highest BCUT2D eigenvalue weighted by Gasteiger charge is 2.23. The molecular formula is C17H21N7O2. The molecule has 1 N–H and O–H groups in total. The van der Waals surface area contributed by atoms with Crippen molar-refractivity contribution < 1.29 is 9.63 Å². The van der Waals surface area contributed by atoms with E-state index in [9.17, 15) is 0 Å².